The standard InChI is InChI=1S/C18H18N2O/c1-3-13(2)16-6-4-5-7-17(16)20-18(21)15-10-8-14(12-19)9-11-15/h4-11,13H,3H2,1-2H3,(H,20,21)/t13-/m0/s1. The molecule has 0 fully saturated rings. The Hall–Kier alpha value is -2.60. The number of hydrogen-bond donors (Lipinski definition) is 1. The lowest BCUT2D eigenvalue weighted by molar-refractivity contribution is 0.102. The number of rotatable bonds is 4. The molecule has 0 saturated heterocycles. The highest BCUT2D eigenvalue weighted by molar-refractivity contribution is 6.04. The normalized spacial score (nSPS) is 11.5. The summed E-state index contributed by atoms with van der Waals surface area (Å²) in [6.45, 7) is 4.27. The Kier molecular flexibility index (Phi) is 4.73. The van der Waals surface area contributed by atoms with Crippen LogP contribution < -0.4 is 5.32 Å². The fourth-order valence-electron chi connectivity index (χ4n) is 2.15. The second kappa shape index (κ2) is 6.71. The monoisotopic (exact) mass is 278 g/mol. The van der Waals surface area contributed by atoms with E-state index in [1.54, 1.807) is 24.3 Å². The van der Waals surface area contributed by atoms with Crippen molar-refractivity contribution in [2.75, 3.05) is 5.32 Å². The fourth-order valence-corrected chi connectivity index (χ4v) is 2.15. The molecule has 2 rings (SSSR count). The predicted molar refractivity (Wildman–Crippen MR) is 84.3 cm³/mol. The summed E-state index contributed by atoms with van der Waals surface area (Å²) in [6.07, 6.45) is 1.02. The second-order valence-corrected chi connectivity index (χ2v) is 5.04. The molecule has 0 aliphatic heterocycles. The van der Waals surface area contributed by atoms with E-state index in [1.807, 2.05) is 30.3 Å². The van der Waals surface area contributed by atoms with E-state index in [2.05, 4.69) is 19.2 Å². The van der Waals surface area contributed by atoms with Crippen LogP contribution >= 0.6 is 0 Å². The number of amides is 1. The van der Waals surface area contributed by atoms with Crippen LogP contribution in [0.1, 0.15) is 47.7 Å². The molecular formula is C18H18N2O. The summed E-state index contributed by atoms with van der Waals surface area (Å²) in [6, 6.07) is 16.5. The molecule has 0 aliphatic carbocycles. The zero-order valence-electron chi connectivity index (χ0n) is 12.3. The average molecular weight is 278 g/mol. The lowest BCUT2D eigenvalue weighted by Gasteiger charge is -2.15. The molecule has 2 aromatic rings. The molecule has 2 aromatic carbocycles. The summed E-state index contributed by atoms with van der Waals surface area (Å²) in [4.78, 5) is 12.3. The van der Waals surface area contributed by atoms with Gasteiger partial charge in [0.25, 0.3) is 5.91 Å². The first-order chi connectivity index (χ1) is 10.2. The molecule has 106 valence electrons. The summed E-state index contributed by atoms with van der Waals surface area (Å²) in [7, 11) is 0. The van der Waals surface area contributed by atoms with Crippen LogP contribution in [0.2, 0.25) is 0 Å². The van der Waals surface area contributed by atoms with E-state index in [9.17, 15) is 4.79 Å². The summed E-state index contributed by atoms with van der Waals surface area (Å²) >= 11 is 0. The van der Waals surface area contributed by atoms with Crippen molar-refractivity contribution in [3.63, 3.8) is 0 Å². The fraction of sp³-hybridized carbons (Fsp3) is 0.222. The number of nitrogens with one attached hydrogen (secondary N) is 1. The third-order valence-electron chi connectivity index (χ3n) is 3.63. The van der Waals surface area contributed by atoms with Gasteiger partial charge in [-0.05, 0) is 48.2 Å². The summed E-state index contributed by atoms with van der Waals surface area (Å²) in [5, 5.41) is 11.7. The van der Waals surface area contributed by atoms with E-state index in [-0.39, 0.29) is 5.91 Å². The molecule has 0 unspecified atom stereocenters. The van der Waals surface area contributed by atoms with Crippen molar-refractivity contribution in [2.24, 2.45) is 0 Å². The van der Waals surface area contributed by atoms with Gasteiger partial charge in [-0.1, -0.05) is 32.0 Å². The largest absolute Gasteiger partial charge is 0.322 e. The summed E-state index contributed by atoms with van der Waals surface area (Å²) < 4.78 is 0. The Labute approximate surface area is 125 Å². The van der Waals surface area contributed by atoms with Crippen LogP contribution in [0.15, 0.2) is 48.5 Å². The molecule has 0 heterocycles. The zero-order valence-corrected chi connectivity index (χ0v) is 12.3. The van der Waals surface area contributed by atoms with Crippen LogP contribution in [0.4, 0.5) is 5.69 Å². The van der Waals surface area contributed by atoms with Crippen LogP contribution in [-0.2, 0) is 0 Å². The van der Waals surface area contributed by atoms with Gasteiger partial charge in [-0.2, -0.15) is 5.26 Å². The van der Waals surface area contributed by atoms with Gasteiger partial charge in [0.15, 0.2) is 0 Å². The van der Waals surface area contributed by atoms with Crippen LogP contribution in [0.5, 0.6) is 0 Å². The number of para-hydroxylation sites is 1. The molecule has 1 amide bonds. The summed E-state index contributed by atoms with van der Waals surface area (Å²) in [5.74, 6) is 0.234. The Morgan fingerprint density at radius 3 is 2.48 bits per heavy atom. The number of hydrogen-bond acceptors (Lipinski definition) is 2. The molecule has 0 radical (unpaired) electrons. The molecule has 0 bridgehead atoms. The highest BCUT2D eigenvalue weighted by Crippen LogP contribution is 2.26. The maximum atomic E-state index is 12.3. The van der Waals surface area contributed by atoms with E-state index < -0.39 is 0 Å². The smallest absolute Gasteiger partial charge is 0.255 e. The Morgan fingerprint density at radius 2 is 1.86 bits per heavy atom. The van der Waals surface area contributed by atoms with Crippen LogP contribution in [0.25, 0.3) is 0 Å². The molecule has 1 N–H and O–H groups in total. The number of benzene rings is 2. The predicted octanol–water partition coefficient (Wildman–Crippen LogP) is 4.32. The van der Waals surface area contributed by atoms with Gasteiger partial charge in [-0.3, -0.25) is 4.79 Å². The first-order valence-electron chi connectivity index (χ1n) is 7.06. The Morgan fingerprint density at radius 1 is 1.19 bits per heavy atom. The van der Waals surface area contributed by atoms with E-state index in [0.717, 1.165) is 17.7 Å². The molecular weight excluding hydrogens is 260 g/mol. The number of carbonyl (C=O) groups excluding carboxylic acids is 1. The van der Waals surface area contributed by atoms with Crippen LogP contribution in [-0.4, -0.2) is 5.91 Å². The second-order valence-electron chi connectivity index (χ2n) is 5.04. The highest BCUT2D eigenvalue weighted by atomic mass is 16.1. The molecule has 0 spiro atoms. The van der Waals surface area contributed by atoms with E-state index >= 15 is 0 Å². The van der Waals surface area contributed by atoms with Crippen molar-refractivity contribution in [1.29, 1.82) is 5.26 Å². The molecule has 3 nitrogen and oxygen atoms in total. The van der Waals surface area contributed by atoms with Crippen molar-refractivity contribution in [1.82, 2.24) is 0 Å². The third-order valence-corrected chi connectivity index (χ3v) is 3.63. The minimum atomic E-state index is -0.157. The number of carbonyl (C=O) groups is 1. The minimum absolute atomic E-state index is 0.157. The van der Waals surface area contributed by atoms with Gasteiger partial charge < -0.3 is 5.32 Å². The van der Waals surface area contributed by atoms with Crippen molar-refractivity contribution < 1.29 is 4.79 Å². The third kappa shape index (κ3) is 3.49. The van der Waals surface area contributed by atoms with Crippen molar-refractivity contribution in [3.05, 3.63) is 65.2 Å². The molecule has 0 aromatic heterocycles. The van der Waals surface area contributed by atoms with Crippen LogP contribution in [0, 0.1) is 11.3 Å². The van der Waals surface area contributed by atoms with Gasteiger partial charge in [0.2, 0.25) is 0 Å². The molecule has 0 aliphatic rings. The maximum absolute atomic E-state index is 12.3. The van der Waals surface area contributed by atoms with Gasteiger partial charge in [0.1, 0.15) is 0 Å². The minimum Gasteiger partial charge on any atom is -0.322 e. The van der Waals surface area contributed by atoms with Gasteiger partial charge in [0.05, 0.1) is 11.6 Å². The number of anilines is 1. The first kappa shape index (κ1) is 14.8. The van der Waals surface area contributed by atoms with E-state index in [0.29, 0.717) is 17.0 Å². The van der Waals surface area contributed by atoms with Crippen molar-refractivity contribution >= 4 is 11.6 Å². The van der Waals surface area contributed by atoms with Crippen LogP contribution in [0.3, 0.4) is 0 Å². The van der Waals surface area contributed by atoms with E-state index in [4.69, 9.17) is 5.26 Å². The molecule has 0 saturated carbocycles. The van der Waals surface area contributed by atoms with Crippen molar-refractivity contribution in [2.45, 2.75) is 26.2 Å². The molecule has 3 heteroatoms. The SMILES string of the molecule is CC[C@H](C)c1ccccc1NC(=O)c1ccc(C#N)cc1. The maximum Gasteiger partial charge on any atom is 0.255 e. The van der Waals surface area contributed by atoms with Gasteiger partial charge in [0, 0.05) is 11.3 Å². The van der Waals surface area contributed by atoms with Gasteiger partial charge >= 0.3 is 0 Å². The molecule has 1 atom stereocenters. The van der Waals surface area contributed by atoms with Gasteiger partial charge in [-0.15, -0.1) is 0 Å². The Bertz CT molecular complexity index is 668. The summed E-state index contributed by atoms with van der Waals surface area (Å²) in [5.41, 5.74) is 3.09. The lowest BCUT2D eigenvalue weighted by atomic mass is 9.97. The highest BCUT2D eigenvalue weighted by Gasteiger charge is 2.12. The quantitative estimate of drug-likeness (QED) is 0.905. The van der Waals surface area contributed by atoms with Gasteiger partial charge in [-0.25, -0.2) is 0 Å². The lowest BCUT2D eigenvalue weighted by Crippen LogP contribution is -2.13. The van der Waals surface area contributed by atoms with E-state index in [1.165, 1.54) is 0 Å². The molecule has 21 heavy (non-hydrogen) atoms. The number of nitrogens with zero attached hydrogens (tertiary/aromatic N) is 1. The number of nitriles is 1. The average Bonchev–Trinajstić information content (AvgIpc) is 2.54. The zero-order chi connectivity index (χ0) is 15.2. The van der Waals surface area contributed by atoms with Crippen molar-refractivity contribution in [3.8, 4) is 6.07 Å². The Balaban J connectivity index is 2.21. The first-order valence-corrected chi connectivity index (χ1v) is 7.06. The topological polar surface area (TPSA) is 52.9 Å².